The topological polar surface area (TPSA) is 45.5 Å². The van der Waals surface area contributed by atoms with Gasteiger partial charge in [-0.2, -0.15) is 9.61 Å². The van der Waals surface area contributed by atoms with Crippen LogP contribution in [0.15, 0.2) is 91.1 Å². The first kappa shape index (κ1) is 23.8. The Bertz CT molecular complexity index is 1530. The molecule has 1 saturated heterocycles. The van der Waals surface area contributed by atoms with E-state index in [9.17, 15) is 0 Å². The minimum absolute atomic E-state index is 0.335. The molecular weight excluding hydrogens is 477 g/mol. The number of fused-ring (bicyclic) bond motifs is 1. The fraction of sp³-hybridized carbons (Fsp3) is 0.200. The summed E-state index contributed by atoms with van der Waals surface area (Å²) in [4.78, 5) is 7.28. The SMILES string of the molecule is [B]c1cnn2c(NC3CCN(Cc4cccc(-c5ccccc5)c4)CC3)cc(-c3ccccc3Cl)nc12. The molecule has 0 atom stereocenters. The number of hydrogen-bond donors (Lipinski definition) is 1. The largest absolute Gasteiger partial charge is 0.367 e. The third kappa shape index (κ3) is 5.13. The Labute approximate surface area is 223 Å². The standard InChI is InChI=1S/C30H27BClN5/c31-26-19-33-37-29(18-28(35-30(26)37)25-11-4-5-12-27(25)32)34-24-13-15-36(16-14-24)20-21-7-6-10-23(17-21)22-8-2-1-3-9-22/h1-12,17-19,24,34H,13-16,20H2. The van der Waals surface area contributed by atoms with Gasteiger partial charge in [-0.25, -0.2) is 4.98 Å². The van der Waals surface area contributed by atoms with Gasteiger partial charge in [-0.3, -0.25) is 4.90 Å². The van der Waals surface area contributed by atoms with E-state index in [2.05, 4.69) is 69.9 Å². The molecule has 2 aromatic heterocycles. The predicted octanol–water partition coefficient (Wildman–Crippen LogP) is 5.59. The Balaban J connectivity index is 1.15. The number of anilines is 1. The molecule has 0 unspecified atom stereocenters. The molecule has 7 heteroatoms. The summed E-state index contributed by atoms with van der Waals surface area (Å²) in [5.74, 6) is 0.880. The Morgan fingerprint density at radius 3 is 2.46 bits per heavy atom. The Hall–Kier alpha value is -3.61. The number of nitrogens with one attached hydrogen (secondary N) is 1. The summed E-state index contributed by atoms with van der Waals surface area (Å²) in [6, 6.07) is 29.5. The van der Waals surface area contributed by atoms with Crippen molar-refractivity contribution in [1.29, 1.82) is 0 Å². The van der Waals surface area contributed by atoms with Crippen molar-refractivity contribution >= 4 is 36.4 Å². The molecule has 2 radical (unpaired) electrons. The highest BCUT2D eigenvalue weighted by molar-refractivity contribution is 6.36. The molecule has 1 fully saturated rings. The van der Waals surface area contributed by atoms with Crippen LogP contribution in [0.5, 0.6) is 0 Å². The zero-order valence-electron chi connectivity index (χ0n) is 20.5. The van der Waals surface area contributed by atoms with Crippen molar-refractivity contribution in [3.8, 4) is 22.4 Å². The van der Waals surface area contributed by atoms with Crippen LogP contribution in [-0.2, 0) is 6.54 Å². The third-order valence-corrected chi connectivity index (χ3v) is 7.36. The van der Waals surface area contributed by atoms with E-state index in [1.807, 2.05) is 30.3 Å². The van der Waals surface area contributed by atoms with Crippen molar-refractivity contribution in [3.05, 3.63) is 102 Å². The maximum Gasteiger partial charge on any atom is 0.150 e. The van der Waals surface area contributed by atoms with Gasteiger partial charge in [0.25, 0.3) is 0 Å². The molecule has 0 aliphatic carbocycles. The second-order valence-corrected chi connectivity index (χ2v) is 10.0. The van der Waals surface area contributed by atoms with E-state index in [-0.39, 0.29) is 0 Å². The lowest BCUT2D eigenvalue weighted by Gasteiger charge is -2.33. The Morgan fingerprint density at radius 1 is 0.892 bits per heavy atom. The number of benzene rings is 3. The molecule has 182 valence electrons. The van der Waals surface area contributed by atoms with Gasteiger partial charge in [0.05, 0.1) is 5.69 Å². The monoisotopic (exact) mass is 503 g/mol. The van der Waals surface area contributed by atoms with E-state index in [1.54, 1.807) is 10.7 Å². The van der Waals surface area contributed by atoms with Crippen LogP contribution in [0.3, 0.4) is 0 Å². The van der Waals surface area contributed by atoms with Crippen molar-refractivity contribution in [2.24, 2.45) is 0 Å². The number of hydrogen-bond acceptors (Lipinski definition) is 4. The van der Waals surface area contributed by atoms with Gasteiger partial charge in [-0.15, -0.1) is 0 Å². The summed E-state index contributed by atoms with van der Waals surface area (Å²) in [7, 11) is 6.19. The Kier molecular flexibility index (Phi) is 6.69. The van der Waals surface area contributed by atoms with Gasteiger partial charge in [0.15, 0.2) is 5.65 Å². The lowest BCUT2D eigenvalue weighted by molar-refractivity contribution is 0.211. The molecular formula is C30H27BClN5. The number of halogens is 1. The van der Waals surface area contributed by atoms with Gasteiger partial charge in [0.1, 0.15) is 13.7 Å². The first-order chi connectivity index (χ1) is 18.1. The number of rotatable bonds is 6. The molecule has 5 nitrogen and oxygen atoms in total. The summed E-state index contributed by atoms with van der Waals surface area (Å²) in [5, 5.41) is 8.85. The molecule has 37 heavy (non-hydrogen) atoms. The summed E-state index contributed by atoms with van der Waals surface area (Å²) >= 11 is 6.48. The second-order valence-electron chi connectivity index (χ2n) is 9.60. The van der Waals surface area contributed by atoms with Crippen LogP contribution >= 0.6 is 11.6 Å². The van der Waals surface area contributed by atoms with Crippen LogP contribution in [-0.4, -0.2) is 46.5 Å². The zero-order chi connectivity index (χ0) is 25.2. The van der Waals surface area contributed by atoms with E-state index in [0.717, 1.165) is 49.6 Å². The fourth-order valence-corrected chi connectivity index (χ4v) is 5.30. The Morgan fingerprint density at radius 2 is 1.65 bits per heavy atom. The van der Waals surface area contributed by atoms with E-state index in [0.29, 0.717) is 22.2 Å². The zero-order valence-corrected chi connectivity index (χ0v) is 21.3. The van der Waals surface area contributed by atoms with Gasteiger partial charge in [0, 0.05) is 48.5 Å². The molecule has 1 N–H and O–H groups in total. The highest BCUT2D eigenvalue weighted by Gasteiger charge is 2.21. The summed E-state index contributed by atoms with van der Waals surface area (Å²) in [6.45, 7) is 3.01. The molecule has 0 saturated carbocycles. The predicted molar refractivity (Wildman–Crippen MR) is 153 cm³/mol. The van der Waals surface area contributed by atoms with Crippen LogP contribution in [0, 0.1) is 0 Å². The fourth-order valence-electron chi connectivity index (χ4n) is 5.07. The van der Waals surface area contributed by atoms with Crippen LogP contribution in [0.25, 0.3) is 28.0 Å². The molecule has 0 bridgehead atoms. The van der Waals surface area contributed by atoms with Crippen molar-refractivity contribution < 1.29 is 0 Å². The normalized spacial score (nSPS) is 14.7. The molecule has 0 amide bonds. The molecule has 6 rings (SSSR count). The average molecular weight is 504 g/mol. The summed E-state index contributed by atoms with van der Waals surface area (Å²) in [6.07, 6.45) is 3.73. The van der Waals surface area contributed by atoms with Gasteiger partial charge < -0.3 is 5.32 Å². The van der Waals surface area contributed by atoms with Crippen molar-refractivity contribution in [3.63, 3.8) is 0 Å². The quantitative estimate of drug-likeness (QED) is 0.307. The van der Waals surface area contributed by atoms with E-state index < -0.39 is 0 Å². The van der Waals surface area contributed by atoms with Crippen LogP contribution < -0.4 is 10.8 Å². The minimum Gasteiger partial charge on any atom is -0.367 e. The molecule has 1 aliphatic rings. The smallest absolute Gasteiger partial charge is 0.150 e. The molecule has 0 spiro atoms. The number of likely N-dealkylation sites (tertiary alicyclic amines) is 1. The molecule has 3 heterocycles. The highest BCUT2D eigenvalue weighted by atomic mass is 35.5. The summed E-state index contributed by atoms with van der Waals surface area (Å²) < 4.78 is 1.79. The minimum atomic E-state index is 0.335. The van der Waals surface area contributed by atoms with E-state index >= 15 is 0 Å². The van der Waals surface area contributed by atoms with Gasteiger partial charge in [-0.05, 0) is 47.1 Å². The number of piperidine rings is 1. The average Bonchev–Trinajstić information content (AvgIpc) is 3.31. The van der Waals surface area contributed by atoms with Crippen molar-refractivity contribution in [2.45, 2.75) is 25.4 Å². The maximum atomic E-state index is 6.48. The molecule has 1 aliphatic heterocycles. The van der Waals surface area contributed by atoms with Crippen LogP contribution in [0.1, 0.15) is 18.4 Å². The summed E-state index contributed by atoms with van der Waals surface area (Å²) in [5.41, 5.74) is 6.71. The lowest BCUT2D eigenvalue weighted by atomic mass is 10.0. The molecule has 3 aromatic carbocycles. The number of aromatic nitrogens is 3. The second kappa shape index (κ2) is 10.4. The van der Waals surface area contributed by atoms with E-state index in [4.69, 9.17) is 24.4 Å². The van der Waals surface area contributed by atoms with Gasteiger partial charge >= 0.3 is 0 Å². The molecule has 5 aromatic rings. The van der Waals surface area contributed by atoms with Crippen molar-refractivity contribution in [2.75, 3.05) is 18.4 Å². The number of nitrogens with zero attached hydrogens (tertiary/aromatic N) is 4. The first-order valence-corrected chi connectivity index (χ1v) is 13.0. The lowest BCUT2D eigenvalue weighted by Crippen LogP contribution is -2.39. The van der Waals surface area contributed by atoms with Gasteiger partial charge in [-0.1, -0.05) is 78.3 Å². The maximum absolute atomic E-state index is 6.48. The van der Waals surface area contributed by atoms with E-state index in [1.165, 1.54) is 16.7 Å². The van der Waals surface area contributed by atoms with Gasteiger partial charge in [0.2, 0.25) is 0 Å². The third-order valence-electron chi connectivity index (χ3n) is 7.03. The highest BCUT2D eigenvalue weighted by Crippen LogP contribution is 2.29. The van der Waals surface area contributed by atoms with Crippen molar-refractivity contribution in [1.82, 2.24) is 19.5 Å². The van der Waals surface area contributed by atoms with Crippen LogP contribution in [0.4, 0.5) is 5.82 Å². The first-order valence-electron chi connectivity index (χ1n) is 12.7. The van der Waals surface area contributed by atoms with Crippen LogP contribution in [0.2, 0.25) is 5.02 Å².